The van der Waals surface area contributed by atoms with Crippen LogP contribution in [0.2, 0.25) is 0 Å². The molecule has 2 aliphatic rings. The third-order valence-corrected chi connectivity index (χ3v) is 4.45. The second-order valence-corrected chi connectivity index (χ2v) is 5.94. The van der Waals surface area contributed by atoms with Gasteiger partial charge < -0.3 is 10.1 Å². The van der Waals surface area contributed by atoms with E-state index < -0.39 is 0 Å². The van der Waals surface area contributed by atoms with Gasteiger partial charge in [0.2, 0.25) is 0 Å². The van der Waals surface area contributed by atoms with Gasteiger partial charge in [-0.25, -0.2) is 0 Å². The van der Waals surface area contributed by atoms with Crippen molar-refractivity contribution >= 4 is 0 Å². The number of aryl methyl sites for hydroxylation is 1. The molecule has 2 heterocycles. The molecule has 1 aromatic rings. The number of ether oxygens (including phenoxy) is 1. The van der Waals surface area contributed by atoms with E-state index in [1.807, 2.05) is 17.9 Å². The molecule has 1 aliphatic carbocycles. The first-order valence-electron chi connectivity index (χ1n) is 7.01. The molecule has 18 heavy (non-hydrogen) atoms. The highest BCUT2D eigenvalue weighted by Gasteiger charge is 2.42. The molecule has 1 N–H and O–H groups in total. The summed E-state index contributed by atoms with van der Waals surface area (Å²) < 4.78 is 7.71. The summed E-state index contributed by atoms with van der Waals surface area (Å²) in [5.74, 6) is 0. The van der Waals surface area contributed by atoms with Gasteiger partial charge in [0.15, 0.2) is 0 Å². The third-order valence-electron chi connectivity index (χ3n) is 4.45. The lowest BCUT2D eigenvalue weighted by Gasteiger charge is -2.32. The average Bonchev–Trinajstić information content (AvgIpc) is 3.00. The van der Waals surface area contributed by atoms with Gasteiger partial charge in [-0.05, 0) is 32.3 Å². The summed E-state index contributed by atoms with van der Waals surface area (Å²) in [4.78, 5) is 0. The highest BCUT2D eigenvalue weighted by Crippen LogP contribution is 2.38. The standard InChI is InChI=1S/C14H23N3O/c1-11-14(6-8-18-11,10-15-12-3-4-12)9-13-5-7-17(2)16-13/h5,7,11-12,15H,3-4,6,8-10H2,1-2H3. The summed E-state index contributed by atoms with van der Waals surface area (Å²) in [6.45, 7) is 4.17. The minimum atomic E-state index is 0.233. The van der Waals surface area contributed by atoms with Crippen molar-refractivity contribution in [3.8, 4) is 0 Å². The summed E-state index contributed by atoms with van der Waals surface area (Å²) in [7, 11) is 1.98. The predicted molar refractivity (Wildman–Crippen MR) is 70.4 cm³/mol. The maximum absolute atomic E-state index is 5.83. The van der Waals surface area contributed by atoms with Crippen LogP contribution in [0.15, 0.2) is 12.3 Å². The molecular formula is C14H23N3O. The Labute approximate surface area is 109 Å². The van der Waals surface area contributed by atoms with Crippen LogP contribution in [0.3, 0.4) is 0 Å². The fourth-order valence-electron chi connectivity index (χ4n) is 2.90. The molecule has 4 nitrogen and oxygen atoms in total. The van der Waals surface area contributed by atoms with Crippen LogP contribution in [-0.4, -0.2) is 35.1 Å². The molecule has 0 radical (unpaired) electrons. The first kappa shape index (κ1) is 12.2. The molecule has 3 rings (SSSR count). The zero-order valence-electron chi connectivity index (χ0n) is 11.4. The van der Waals surface area contributed by atoms with Gasteiger partial charge in [-0.2, -0.15) is 5.10 Å². The summed E-state index contributed by atoms with van der Waals surface area (Å²) in [6.07, 6.45) is 7.20. The Morgan fingerprint density at radius 3 is 2.94 bits per heavy atom. The van der Waals surface area contributed by atoms with Crippen molar-refractivity contribution in [2.45, 2.75) is 44.8 Å². The second kappa shape index (κ2) is 4.67. The van der Waals surface area contributed by atoms with Crippen molar-refractivity contribution in [3.05, 3.63) is 18.0 Å². The maximum atomic E-state index is 5.83. The van der Waals surface area contributed by atoms with Gasteiger partial charge in [0.25, 0.3) is 0 Å². The van der Waals surface area contributed by atoms with Crippen molar-refractivity contribution < 1.29 is 4.74 Å². The van der Waals surface area contributed by atoms with Crippen LogP contribution < -0.4 is 5.32 Å². The van der Waals surface area contributed by atoms with Crippen molar-refractivity contribution in [2.24, 2.45) is 12.5 Å². The highest BCUT2D eigenvalue weighted by atomic mass is 16.5. The summed E-state index contributed by atoms with van der Waals surface area (Å²) in [5, 5.41) is 8.21. The van der Waals surface area contributed by atoms with Gasteiger partial charge >= 0.3 is 0 Å². The Kier molecular flexibility index (Phi) is 3.16. The van der Waals surface area contributed by atoms with Crippen molar-refractivity contribution in [1.82, 2.24) is 15.1 Å². The minimum absolute atomic E-state index is 0.233. The van der Waals surface area contributed by atoms with Gasteiger partial charge in [-0.15, -0.1) is 0 Å². The first-order chi connectivity index (χ1) is 8.68. The number of nitrogens with one attached hydrogen (secondary N) is 1. The fraction of sp³-hybridized carbons (Fsp3) is 0.786. The molecule has 1 saturated heterocycles. The number of hydrogen-bond acceptors (Lipinski definition) is 3. The molecule has 2 fully saturated rings. The summed E-state index contributed by atoms with van der Waals surface area (Å²) in [5.41, 5.74) is 1.42. The molecule has 2 unspecified atom stereocenters. The van der Waals surface area contributed by atoms with E-state index in [4.69, 9.17) is 4.74 Å². The van der Waals surface area contributed by atoms with E-state index in [-0.39, 0.29) is 5.41 Å². The SMILES string of the molecule is CC1OCCC1(CNC1CC1)Cc1ccn(C)n1. The van der Waals surface area contributed by atoms with Crippen molar-refractivity contribution in [2.75, 3.05) is 13.2 Å². The van der Waals surface area contributed by atoms with Crippen LogP contribution in [0, 0.1) is 5.41 Å². The van der Waals surface area contributed by atoms with Crippen LogP contribution >= 0.6 is 0 Å². The van der Waals surface area contributed by atoms with Gasteiger partial charge in [0.1, 0.15) is 0 Å². The molecule has 0 bridgehead atoms. The zero-order chi connectivity index (χ0) is 12.6. The van der Waals surface area contributed by atoms with Crippen LogP contribution in [-0.2, 0) is 18.2 Å². The normalized spacial score (nSPS) is 32.0. The Bertz CT molecular complexity index is 413. The molecule has 0 amide bonds. The van der Waals surface area contributed by atoms with Crippen LogP contribution in [0.5, 0.6) is 0 Å². The third kappa shape index (κ3) is 2.45. The lowest BCUT2D eigenvalue weighted by Crippen LogP contribution is -2.42. The molecule has 4 heteroatoms. The largest absolute Gasteiger partial charge is 0.378 e. The van der Waals surface area contributed by atoms with E-state index in [1.165, 1.54) is 18.5 Å². The summed E-state index contributed by atoms with van der Waals surface area (Å²) in [6, 6.07) is 2.89. The monoisotopic (exact) mass is 249 g/mol. The highest BCUT2D eigenvalue weighted by molar-refractivity contribution is 5.07. The summed E-state index contributed by atoms with van der Waals surface area (Å²) >= 11 is 0. The molecule has 0 aromatic carbocycles. The smallest absolute Gasteiger partial charge is 0.0631 e. The minimum Gasteiger partial charge on any atom is -0.378 e. The number of aromatic nitrogens is 2. The molecule has 2 atom stereocenters. The Morgan fingerprint density at radius 1 is 1.56 bits per heavy atom. The predicted octanol–water partition coefficient (Wildman–Crippen LogP) is 1.51. The van der Waals surface area contributed by atoms with Crippen LogP contribution in [0.4, 0.5) is 0 Å². The lowest BCUT2D eigenvalue weighted by molar-refractivity contribution is 0.0623. The second-order valence-electron chi connectivity index (χ2n) is 5.94. The van der Waals surface area contributed by atoms with Crippen molar-refractivity contribution in [1.29, 1.82) is 0 Å². The van der Waals surface area contributed by atoms with E-state index in [9.17, 15) is 0 Å². The molecule has 1 saturated carbocycles. The Morgan fingerprint density at radius 2 is 2.39 bits per heavy atom. The average molecular weight is 249 g/mol. The number of nitrogens with zero attached hydrogens (tertiary/aromatic N) is 2. The van der Waals surface area contributed by atoms with E-state index in [2.05, 4.69) is 23.4 Å². The quantitative estimate of drug-likeness (QED) is 0.860. The zero-order valence-corrected chi connectivity index (χ0v) is 11.4. The van der Waals surface area contributed by atoms with Crippen LogP contribution in [0.1, 0.15) is 31.9 Å². The molecule has 100 valence electrons. The van der Waals surface area contributed by atoms with E-state index in [0.29, 0.717) is 6.10 Å². The molecule has 1 aromatic heterocycles. The van der Waals surface area contributed by atoms with Crippen LogP contribution in [0.25, 0.3) is 0 Å². The van der Waals surface area contributed by atoms with Gasteiger partial charge in [-0.3, -0.25) is 4.68 Å². The Hall–Kier alpha value is -0.870. The van der Waals surface area contributed by atoms with Gasteiger partial charge in [0, 0.05) is 44.3 Å². The van der Waals surface area contributed by atoms with E-state index in [0.717, 1.165) is 32.0 Å². The van der Waals surface area contributed by atoms with E-state index >= 15 is 0 Å². The fourth-order valence-corrected chi connectivity index (χ4v) is 2.90. The van der Waals surface area contributed by atoms with Gasteiger partial charge in [-0.1, -0.05) is 0 Å². The number of rotatable bonds is 5. The molecule has 0 spiro atoms. The van der Waals surface area contributed by atoms with Gasteiger partial charge in [0.05, 0.1) is 11.8 Å². The lowest BCUT2D eigenvalue weighted by atomic mass is 9.77. The number of hydrogen-bond donors (Lipinski definition) is 1. The topological polar surface area (TPSA) is 39.1 Å². The van der Waals surface area contributed by atoms with E-state index in [1.54, 1.807) is 0 Å². The molecule has 1 aliphatic heterocycles. The first-order valence-corrected chi connectivity index (χ1v) is 7.01. The maximum Gasteiger partial charge on any atom is 0.0631 e. The van der Waals surface area contributed by atoms with Crippen molar-refractivity contribution in [3.63, 3.8) is 0 Å². The molecular weight excluding hydrogens is 226 g/mol. The Balaban J connectivity index is 1.71.